The fourth-order valence-corrected chi connectivity index (χ4v) is 6.53. The monoisotopic (exact) mass is 470 g/mol. The van der Waals surface area contributed by atoms with Crippen LogP contribution < -0.4 is 4.31 Å². The molecule has 2 aromatic rings. The quantitative estimate of drug-likeness (QED) is 0.464. The number of aliphatic imine (C=N–C) groups is 1. The lowest BCUT2D eigenvalue weighted by molar-refractivity contribution is 0.125. The number of methoxy groups -OCH3 is 1. The van der Waals surface area contributed by atoms with Gasteiger partial charge in [-0.15, -0.1) is 0 Å². The van der Waals surface area contributed by atoms with E-state index in [1.807, 2.05) is 65.0 Å². The molecule has 2 aromatic carbocycles. The molecule has 6 nitrogen and oxygen atoms in total. The zero-order chi connectivity index (χ0) is 20.8. The number of hydrogen-bond acceptors (Lipinski definition) is 5. The van der Waals surface area contributed by atoms with E-state index in [1.165, 1.54) is 11.4 Å². The summed E-state index contributed by atoms with van der Waals surface area (Å²) in [5.74, 6) is 0.707. The van der Waals surface area contributed by atoms with E-state index in [2.05, 4.69) is 0 Å². The molecule has 0 N–H and O–H groups in total. The number of rotatable bonds is 2. The van der Waals surface area contributed by atoms with E-state index in [0.717, 1.165) is 11.3 Å². The van der Waals surface area contributed by atoms with Crippen molar-refractivity contribution in [3.8, 4) is 0 Å². The standard InChI is InChI=1S/C19H17Cl3N4O2S/c1-24-16(19(20,21)22)26(18(27)28-2)29-17(24)23-15(13-9-5-3-6-10-13)25(29)14-11-7-4-8-12-14/h3-12,16H,1-2H3/t16-,29?/m1/s1. The van der Waals surface area contributed by atoms with Crippen LogP contribution in [-0.2, 0) is 4.74 Å². The van der Waals surface area contributed by atoms with Crippen molar-refractivity contribution < 1.29 is 9.53 Å². The molecule has 0 saturated heterocycles. The summed E-state index contributed by atoms with van der Waals surface area (Å²) in [6, 6.07) is 19.4. The number of carbonyl (C=O) groups excluding carboxylic acids is 1. The summed E-state index contributed by atoms with van der Waals surface area (Å²) in [4.78, 5) is 19.4. The molecule has 0 aromatic heterocycles. The molecule has 0 saturated carbocycles. The van der Waals surface area contributed by atoms with E-state index in [-0.39, 0.29) is 0 Å². The Bertz CT molecular complexity index is 996. The second-order valence-corrected chi connectivity index (χ2v) is 10.3. The van der Waals surface area contributed by atoms with Gasteiger partial charge in [0, 0.05) is 5.56 Å². The third kappa shape index (κ3) is 3.51. The number of amides is 1. The van der Waals surface area contributed by atoms with Crippen molar-refractivity contribution in [2.75, 3.05) is 18.5 Å². The number of benzene rings is 2. The molecule has 0 radical (unpaired) electrons. The average Bonchev–Trinajstić information content (AvgIpc) is 3.24. The van der Waals surface area contributed by atoms with E-state index in [9.17, 15) is 4.79 Å². The topological polar surface area (TPSA) is 48.4 Å². The highest BCUT2D eigenvalue weighted by Gasteiger charge is 2.55. The Morgan fingerprint density at radius 2 is 1.66 bits per heavy atom. The molecule has 1 amide bonds. The number of nitrogens with zero attached hydrogens (tertiary/aromatic N) is 4. The molecule has 2 atom stereocenters. The second kappa shape index (κ2) is 7.81. The molecule has 29 heavy (non-hydrogen) atoms. The first-order chi connectivity index (χ1) is 13.8. The number of para-hydroxylation sites is 1. The van der Waals surface area contributed by atoms with Crippen LogP contribution in [0.3, 0.4) is 0 Å². The molecule has 0 fully saturated rings. The van der Waals surface area contributed by atoms with E-state index >= 15 is 0 Å². The summed E-state index contributed by atoms with van der Waals surface area (Å²) in [6.07, 6.45) is -1.47. The zero-order valence-electron chi connectivity index (χ0n) is 15.5. The molecule has 2 aliphatic heterocycles. The molecule has 10 heteroatoms. The van der Waals surface area contributed by atoms with E-state index in [0.29, 0.717) is 10.9 Å². The number of halogens is 3. The predicted molar refractivity (Wildman–Crippen MR) is 121 cm³/mol. The maximum absolute atomic E-state index is 12.8. The third-order valence-corrected chi connectivity index (χ3v) is 7.22. The average molecular weight is 472 g/mol. The van der Waals surface area contributed by atoms with Crippen LogP contribution in [0.5, 0.6) is 0 Å². The highest BCUT2D eigenvalue weighted by Crippen LogP contribution is 2.50. The minimum atomic E-state index is -1.77. The Labute approximate surface area is 186 Å². The van der Waals surface area contributed by atoms with Crippen molar-refractivity contribution in [3.05, 3.63) is 66.2 Å². The highest BCUT2D eigenvalue weighted by atomic mass is 35.6. The van der Waals surface area contributed by atoms with Crippen LogP contribution >= 0.6 is 45.7 Å². The fourth-order valence-electron chi connectivity index (χ4n) is 3.25. The smallest absolute Gasteiger partial charge is 0.422 e. The number of carbonyl (C=O) groups is 1. The van der Waals surface area contributed by atoms with Crippen molar-refractivity contribution in [1.29, 1.82) is 0 Å². The number of anilines is 1. The Kier molecular flexibility index (Phi) is 5.52. The molecule has 2 aliphatic rings. The first kappa shape index (κ1) is 20.5. The third-order valence-electron chi connectivity index (χ3n) is 4.48. The molecular weight excluding hydrogens is 455 g/mol. The van der Waals surface area contributed by atoms with Crippen LogP contribution in [-0.4, -0.2) is 50.4 Å². The van der Waals surface area contributed by atoms with Crippen LogP contribution in [0, 0.1) is 0 Å². The molecule has 2 heterocycles. The SMILES string of the molecule is COC(=O)N1[C@H](C(Cl)(Cl)Cl)N(C)C2=S1N(c1ccccc1)C(c1ccccc1)=N2. The lowest BCUT2D eigenvalue weighted by Gasteiger charge is -2.36. The van der Waals surface area contributed by atoms with Crippen LogP contribution in [0.4, 0.5) is 10.5 Å². The number of ether oxygens (including phenoxy) is 1. The first-order valence-corrected chi connectivity index (χ1v) is 10.9. The summed E-state index contributed by atoms with van der Waals surface area (Å²) < 4.78 is 6.70. The summed E-state index contributed by atoms with van der Waals surface area (Å²) in [5.41, 5.74) is 1.77. The van der Waals surface area contributed by atoms with Gasteiger partial charge in [-0.25, -0.2) is 19.0 Å². The highest BCUT2D eigenvalue weighted by molar-refractivity contribution is 8.16. The zero-order valence-corrected chi connectivity index (χ0v) is 18.6. The maximum Gasteiger partial charge on any atom is 0.422 e. The Morgan fingerprint density at radius 3 is 2.21 bits per heavy atom. The van der Waals surface area contributed by atoms with E-state index in [4.69, 9.17) is 44.5 Å². The molecule has 0 spiro atoms. The van der Waals surface area contributed by atoms with Gasteiger partial charge in [-0.2, -0.15) is 0 Å². The van der Waals surface area contributed by atoms with Gasteiger partial charge in [0.25, 0.3) is 0 Å². The fraction of sp³-hybridized carbons (Fsp3) is 0.211. The maximum atomic E-state index is 12.8. The molecule has 152 valence electrons. The summed E-state index contributed by atoms with van der Waals surface area (Å²) in [5, 5.41) is 0.620. The minimum Gasteiger partial charge on any atom is -0.452 e. The Hall–Kier alpha value is -1.77. The van der Waals surface area contributed by atoms with E-state index < -0.39 is 26.9 Å². The number of alkyl halides is 3. The number of amidine groups is 1. The molecule has 4 rings (SSSR count). The number of hydrogen-bond donors (Lipinski definition) is 0. The molecule has 0 bridgehead atoms. The lowest BCUT2D eigenvalue weighted by Crippen LogP contribution is -2.51. The predicted octanol–water partition coefficient (Wildman–Crippen LogP) is 4.85. The lowest BCUT2D eigenvalue weighted by atomic mass is 10.2. The van der Waals surface area contributed by atoms with Crippen LogP contribution in [0.1, 0.15) is 5.56 Å². The van der Waals surface area contributed by atoms with Crippen LogP contribution in [0.15, 0.2) is 65.7 Å². The van der Waals surface area contributed by atoms with Gasteiger partial charge in [0.2, 0.25) is 3.79 Å². The van der Waals surface area contributed by atoms with Gasteiger partial charge in [-0.1, -0.05) is 83.3 Å². The summed E-state index contributed by atoms with van der Waals surface area (Å²) >= 11 is 18.8. The van der Waals surface area contributed by atoms with Gasteiger partial charge in [-0.3, -0.25) is 4.31 Å². The largest absolute Gasteiger partial charge is 0.452 e. The van der Waals surface area contributed by atoms with Crippen LogP contribution in [0.25, 0.3) is 0 Å². The van der Waals surface area contributed by atoms with Crippen LogP contribution in [0.2, 0.25) is 0 Å². The van der Waals surface area contributed by atoms with Gasteiger partial charge >= 0.3 is 6.09 Å². The normalized spacial score (nSPS) is 22.0. The summed E-state index contributed by atoms with van der Waals surface area (Å²) in [6.45, 7) is 0. The Morgan fingerprint density at radius 1 is 1.07 bits per heavy atom. The van der Waals surface area contributed by atoms with Crippen molar-refractivity contribution in [3.63, 3.8) is 0 Å². The summed E-state index contributed by atoms with van der Waals surface area (Å²) in [7, 11) is 2.08. The van der Waals surface area contributed by atoms with Crippen molar-refractivity contribution in [2.24, 2.45) is 4.99 Å². The second-order valence-electron chi connectivity index (χ2n) is 6.30. The van der Waals surface area contributed by atoms with Crippen molar-refractivity contribution in [2.45, 2.75) is 9.96 Å². The van der Waals surface area contributed by atoms with Crippen molar-refractivity contribution >= 4 is 68.4 Å². The molecule has 1 unspecified atom stereocenters. The molecular formula is C19H17Cl3N4O2S. The van der Waals surface area contributed by atoms with Gasteiger partial charge in [0.15, 0.2) is 17.1 Å². The molecule has 0 aliphatic carbocycles. The van der Waals surface area contributed by atoms with Crippen molar-refractivity contribution in [1.82, 2.24) is 9.21 Å². The van der Waals surface area contributed by atoms with Gasteiger partial charge in [-0.05, 0) is 19.2 Å². The van der Waals surface area contributed by atoms with Gasteiger partial charge < -0.3 is 4.74 Å². The minimum absolute atomic E-state index is 0.600. The first-order valence-electron chi connectivity index (χ1n) is 8.62. The Balaban J connectivity index is 1.91. The van der Waals surface area contributed by atoms with Gasteiger partial charge in [0.1, 0.15) is 0 Å². The van der Waals surface area contributed by atoms with Gasteiger partial charge in [0.05, 0.1) is 23.7 Å². The van der Waals surface area contributed by atoms with E-state index in [1.54, 1.807) is 11.9 Å².